The van der Waals surface area contributed by atoms with Crippen molar-refractivity contribution in [2.24, 2.45) is 5.73 Å². The fraction of sp³-hybridized carbons (Fsp3) is 1.00. The van der Waals surface area contributed by atoms with E-state index in [1.54, 1.807) is 7.11 Å². The van der Waals surface area contributed by atoms with E-state index < -0.39 is 0 Å². The fourth-order valence-corrected chi connectivity index (χ4v) is 2.65. The highest BCUT2D eigenvalue weighted by Gasteiger charge is 2.39. The second kappa shape index (κ2) is 6.14. The van der Waals surface area contributed by atoms with Crippen LogP contribution in [0.25, 0.3) is 0 Å². The van der Waals surface area contributed by atoms with Crippen LogP contribution in [0, 0.1) is 0 Å². The fourth-order valence-electron chi connectivity index (χ4n) is 2.65. The summed E-state index contributed by atoms with van der Waals surface area (Å²) in [5.41, 5.74) is 5.95. The van der Waals surface area contributed by atoms with Gasteiger partial charge in [-0.3, -0.25) is 4.90 Å². The van der Waals surface area contributed by atoms with Crippen molar-refractivity contribution >= 4 is 0 Å². The van der Waals surface area contributed by atoms with Gasteiger partial charge >= 0.3 is 0 Å². The van der Waals surface area contributed by atoms with Gasteiger partial charge in [0.2, 0.25) is 0 Å². The molecule has 4 nitrogen and oxygen atoms in total. The summed E-state index contributed by atoms with van der Waals surface area (Å²) in [6.07, 6.45) is 2.69. The smallest absolute Gasteiger partial charge is 0.0736 e. The van der Waals surface area contributed by atoms with Crippen molar-refractivity contribution in [1.29, 1.82) is 0 Å². The molecule has 0 aromatic rings. The van der Waals surface area contributed by atoms with Crippen LogP contribution in [-0.4, -0.2) is 68.3 Å². The molecule has 0 radical (unpaired) electrons. The number of piperidine rings is 1. The van der Waals surface area contributed by atoms with Crippen molar-refractivity contribution < 1.29 is 4.74 Å². The van der Waals surface area contributed by atoms with E-state index in [0.717, 1.165) is 13.1 Å². The molecule has 0 aliphatic carbocycles. The second-order valence-corrected chi connectivity index (χ2v) is 5.64. The Hall–Kier alpha value is -0.160. The Bertz CT molecular complexity index is 235. The summed E-state index contributed by atoms with van der Waals surface area (Å²) < 4.78 is 5.52. The monoisotopic (exact) mass is 243 g/mol. The van der Waals surface area contributed by atoms with Crippen molar-refractivity contribution in [3.05, 3.63) is 0 Å². The lowest BCUT2D eigenvalue weighted by Crippen LogP contribution is -2.63. The maximum absolute atomic E-state index is 6.00. The second-order valence-electron chi connectivity index (χ2n) is 5.64. The molecule has 0 bridgehead atoms. The molecular weight excluding hydrogens is 214 g/mol. The van der Waals surface area contributed by atoms with E-state index in [9.17, 15) is 0 Å². The van der Waals surface area contributed by atoms with Crippen LogP contribution in [-0.2, 0) is 4.74 Å². The molecular formula is C13H29N3O. The minimum Gasteiger partial charge on any atom is -0.380 e. The first-order valence-electron chi connectivity index (χ1n) is 6.60. The van der Waals surface area contributed by atoms with Gasteiger partial charge in [-0.25, -0.2) is 0 Å². The highest BCUT2D eigenvalue weighted by Crippen LogP contribution is 2.26. The van der Waals surface area contributed by atoms with Crippen LogP contribution < -0.4 is 5.73 Å². The average Bonchev–Trinajstić information content (AvgIpc) is 2.36. The SMILES string of the molecule is COC(C)C(C)(CN)N1CCCC(N(C)C)C1. The van der Waals surface area contributed by atoms with Crippen molar-refractivity contribution in [3.63, 3.8) is 0 Å². The number of hydrogen-bond donors (Lipinski definition) is 1. The van der Waals surface area contributed by atoms with Crippen molar-refractivity contribution in [2.75, 3.05) is 40.8 Å². The average molecular weight is 243 g/mol. The summed E-state index contributed by atoms with van der Waals surface area (Å²) in [6.45, 7) is 7.20. The molecule has 1 aliphatic heterocycles. The van der Waals surface area contributed by atoms with Gasteiger partial charge in [-0.1, -0.05) is 0 Å². The van der Waals surface area contributed by atoms with Gasteiger partial charge in [0, 0.05) is 26.2 Å². The number of ether oxygens (including phenoxy) is 1. The molecule has 1 rings (SSSR count). The van der Waals surface area contributed by atoms with Crippen molar-refractivity contribution in [2.45, 2.75) is 44.4 Å². The summed E-state index contributed by atoms with van der Waals surface area (Å²) in [5.74, 6) is 0. The molecule has 2 N–H and O–H groups in total. The van der Waals surface area contributed by atoms with E-state index >= 15 is 0 Å². The molecule has 17 heavy (non-hydrogen) atoms. The topological polar surface area (TPSA) is 41.7 Å². The van der Waals surface area contributed by atoms with Gasteiger partial charge in [-0.15, -0.1) is 0 Å². The summed E-state index contributed by atoms with van der Waals surface area (Å²) >= 11 is 0. The number of nitrogens with zero attached hydrogens (tertiary/aromatic N) is 2. The number of rotatable bonds is 5. The zero-order chi connectivity index (χ0) is 13.1. The van der Waals surface area contributed by atoms with E-state index in [4.69, 9.17) is 10.5 Å². The van der Waals surface area contributed by atoms with Crippen LogP contribution in [0.2, 0.25) is 0 Å². The lowest BCUT2D eigenvalue weighted by molar-refractivity contribution is -0.0504. The zero-order valence-corrected chi connectivity index (χ0v) is 12.1. The summed E-state index contributed by atoms with van der Waals surface area (Å²) in [5, 5.41) is 0. The van der Waals surface area contributed by atoms with E-state index in [0.29, 0.717) is 12.6 Å². The Morgan fingerprint density at radius 1 is 1.53 bits per heavy atom. The van der Waals surface area contributed by atoms with E-state index in [1.165, 1.54) is 12.8 Å². The van der Waals surface area contributed by atoms with Gasteiger partial charge in [0.1, 0.15) is 0 Å². The molecule has 0 aromatic heterocycles. The Kier molecular flexibility index (Phi) is 5.38. The predicted molar refractivity (Wildman–Crippen MR) is 72.2 cm³/mol. The Balaban J connectivity index is 2.75. The molecule has 0 aromatic carbocycles. The molecule has 102 valence electrons. The lowest BCUT2D eigenvalue weighted by atomic mass is 9.89. The van der Waals surface area contributed by atoms with Crippen molar-refractivity contribution in [1.82, 2.24) is 9.80 Å². The number of nitrogens with two attached hydrogens (primary N) is 1. The molecule has 4 heteroatoms. The first-order valence-corrected chi connectivity index (χ1v) is 6.60. The van der Waals surface area contributed by atoms with Crippen molar-refractivity contribution in [3.8, 4) is 0 Å². The molecule has 0 amide bonds. The Morgan fingerprint density at radius 2 is 2.18 bits per heavy atom. The van der Waals surface area contributed by atoms with Crippen LogP contribution in [0.4, 0.5) is 0 Å². The highest BCUT2D eigenvalue weighted by molar-refractivity contribution is 4.96. The van der Waals surface area contributed by atoms with Crippen LogP contribution in [0.15, 0.2) is 0 Å². The van der Waals surface area contributed by atoms with Crippen LogP contribution in [0.3, 0.4) is 0 Å². The minimum atomic E-state index is -0.0522. The van der Waals surface area contributed by atoms with Gasteiger partial charge in [-0.05, 0) is 47.3 Å². The van der Waals surface area contributed by atoms with E-state index in [1.807, 2.05) is 0 Å². The highest BCUT2D eigenvalue weighted by atomic mass is 16.5. The molecule has 0 spiro atoms. The van der Waals surface area contributed by atoms with Crippen LogP contribution >= 0.6 is 0 Å². The normalized spacial score (nSPS) is 28.1. The van der Waals surface area contributed by atoms with Crippen LogP contribution in [0.5, 0.6) is 0 Å². The largest absolute Gasteiger partial charge is 0.380 e. The maximum Gasteiger partial charge on any atom is 0.0736 e. The lowest BCUT2D eigenvalue weighted by Gasteiger charge is -2.48. The van der Waals surface area contributed by atoms with Gasteiger partial charge in [-0.2, -0.15) is 0 Å². The predicted octanol–water partition coefficient (Wildman–Crippen LogP) is 0.765. The first kappa shape index (κ1) is 14.9. The first-order chi connectivity index (χ1) is 7.95. The summed E-state index contributed by atoms with van der Waals surface area (Å²) in [6, 6.07) is 0.638. The quantitative estimate of drug-likeness (QED) is 0.774. The zero-order valence-electron chi connectivity index (χ0n) is 12.1. The third-order valence-corrected chi connectivity index (χ3v) is 4.49. The Labute approximate surface area is 106 Å². The molecule has 3 unspecified atom stereocenters. The van der Waals surface area contributed by atoms with E-state index in [-0.39, 0.29) is 11.6 Å². The summed E-state index contributed by atoms with van der Waals surface area (Å²) in [4.78, 5) is 4.83. The summed E-state index contributed by atoms with van der Waals surface area (Å²) in [7, 11) is 6.09. The maximum atomic E-state index is 6.00. The van der Waals surface area contributed by atoms with Crippen LogP contribution in [0.1, 0.15) is 26.7 Å². The number of likely N-dealkylation sites (tertiary alicyclic amines) is 1. The molecule has 3 atom stereocenters. The van der Waals surface area contributed by atoms with Gasteiger partial charge in [0.25, 0.3) is 0 Å². The number of likely N-dealkylation sites (N-methyl/N-ethyl adjacent to an activating group) is 1. The number of methoxy groups -OCH3 is 1. The molecule has 0 saturated carbocycles. The standard InChI is InChI=1S/C13H29N3O/c1-11(17-5)13(2,10-14)16-8-6-7-12(9-16)15(3)4/h11-12H,6-10,14H2,1-5H3. The third-order valence-electron chi connectivity index (χ3n) is 4.49. The van der Waals surface area contributed by atoms with Gasteiger partial charge in [0.15, 0.2) is 0 Å². The van der Waals surface area contributed by atoms with E-state index in [2.05, 4.69) is 37.7 Å². The molecule has 1 fully saturated rings. The minimum absolute atomic E-state index is 0.0522. The Morgan fingerprint density at radius 3 is 2.65 bits per heavy atom. The number of hydrogen-bond acceptors (Lipinski definition) is 4. The molecule has 1 aliphatic rings. The molecule has 1 saturated heterocycles. The van der Waals surface area contributed by atoms with Gasteiger partial charge in [0.05, 0.1) is 11.6 Å². The van der Waals surface area contributed by atoms with Gasteiger partial charge < -0.3 is 15.4 Å². The third kappa shape index (κ3) is 3.19. The molecule has 1 heterocycles.